The highest BCUT2D eigenvalue weighted by Gasteiger charge is 2.06. The summed E-state index contributed by atoms with van der Waals surface area (Å²) in [6, 6.07) is 9.32. The van der Waals surface area contributed by atoms with Gasteiger partial charge in [-0.05, 0) is 48.6 Å². The minimum absolute atomic E-state index is 0.186. The van der Waals surface area contributed by atoms with Crippen LogP contribution in [0.2, 0.25) is 5.02 Å². The Labute approximate surface area is 122 Å². The minimum atomic E-state index is 0.186. The van der Waals surface area contributed by atoms with Crippen molar-refractivity contribution in [1.29, 1.82) is 0 Å². The van der Waals surface area contributed by atoms with Crippen molar-refractivity contribution in [3.63, 3.8) is 0 Å². The van der Waals surface area contributed by atoms with Crippen LogP contribution in [0.5, 0.6) is 5.75 Å². The van der Waals surface area contributed by atoms with Crippen molar-refractivity contribution >= 4 is 28.7 Å². The molecule has 0 aliphatic heterocycles. The predicted molar refractivity (Wildman–Crippen MR) is 79.6 cm³/mol. The molecular formula is C15H15ClO2S. The smallest absolute Gasteiger partial charge is 0.172 e. The van der Waals surface area contributed by atoms with Gasteiger partial charge in [0.25, 0.3) is 0 Å². The lowest BCUT2D eigenvalue weighted by Crippen LogP contribution is -2.02. The molecule has 0 saturated carbocycles. The van der Waals surface area contributed by atoms with Crippen molar-refractivity contribution in [3.8, 4) is 5.75 Å². The molecule has 0 radical (unpaired) electrons. The first-order chi connectivity index (χ1) is 9.16. The monoisotopic (exact) mass is 294 g/mol. The van der Waals surface area contributed by atoms with Crippen molar-refractivity contribution in [2.75, 3.05) is 6.61 Å². The summed E-state index contributed by atoms with van der Waals surface area (Å²) in [5.41, 5.74) is 0.994. The van der Waals surface area contributed by atoms with Crippen LogP contribution < -0.4 is 4.74 Å². The van der Waals surface area contributed by atoms with Crippen LogP contribution in [0.1, 0.15) is 28.1 Å². The number of carbonyl (C=O) groups excluding carboxylic acids is 1. The van der Waals surface area contributed by atoms with E-state index in [4.69, 9.17) is 16.3 Å². The van der Waals surface area contributed by atoms with Crippen molar-refractivity contribution < 1.29 is 9.53 Å². The SMILES string of the molecule is Cc1cc(OCCCC(=O)c2cccs2)ccc1Cl. The number of hydrogen-bond acceptors (Lipinski definition) is 3. The summed E-state index contributed by atoms with van der Waals surface area (Å²) < 4.78 is 5.60. The molecule has 2 nitrogen and oxygen atoms in total. The number of ketones is 1. The fraction of sp³-hybridized carbons (Fsp3) is 0.267. The van der Waals surface area contributed by atoms with E-state index in [1.807, 2.05) is 42.6 Å². The van der Waals surface area contributed by atoms with E-state index in [0.29, 0.717) is 13.0 Å². The molecule has 0 aliphatic rings. The van der Waals surface area contributed by atoms with Crippen LogP contribution in [0, 0.1) is 6.92 Å². The number of ether oxygens (including phenoxy) is 1. The molecule has 1 aromatic heterocycles. The number of rotatable bonds is 6. The van der Waals surface area contributed by atoms with E-state index in [9.17, 15) is 4.79 Å². The van der Waals surface area contributed by atoms with Crippen LogP contribution in [0.4, 0.5) is 0 Å². The van der Waals surface area contributed by atoms with E-state index in [-0.39, 0.29) is 5.78 Å². The third kappa shape index (κ3) is 4.08. The Morgan fingerprint density at radius 3 is 2.89 bits per heavy atom. The van der Waals surface area contributed by atoms with Crippen molar-refractivity contribution in [3.05, 3.63) is 51.2 Å². The topological polar surface area (TPSA) is 26.3 Å². The van der Waals surface area contributed by atoms with Crippen LogP contribution in [-0.4, -0.2) is 12.4 Å². The zero-order valence-corrected chi connectivity index (χ0v) is 12.3. The van der Waals surface area contributed by atoms with E-state index in [1.54, 1.807) is 0 Å². The molecule has 2 rings (SSSR count). The zero-order valence-electron chi connectivity index (χ0n) is 10.7. The maximum absolute atomic E-state index is 11.8. The molecule has 1 heterocycles. The van der Waals surface area contributed by atoms with Crippen molar-refractivity contribution in [1.82, 2.24) is 0 Å². The second-order valence-corrected chi connectivity index (χ2v) is 5.62. The second-order valence-electron chi connectivity index (χ2n) is 4.26. The summed E-state index contributed by atoms with van der Waals surface area (Å²) in [6.07, 6.45) is 1.24. The van der Waals surface area contributed by atoms with Gasteiger partial charge in [-0.25, -0.2) is 0 Å². The molecule has 0 saturated heterocycles. The van der Waals surface area contributed by atoms with E-state index >= 15 is 0 Å². The molecule has 0 spiro atoms. The van der Waals surface area contributed by atoms with Gasteiger partial charge in [0, 0.05) is 11.4 Å². The number of halogens is 1. The number of aryl methyl sites for hydroxylation is 1. The standard InChI is InChI=1S/C15H15ClO2S/c1-11-10-12(6-7-13(11)16)18-8-2-4-14(17)15-5-3-9-19-15/h3,5-7,9-10H,2,4,8H2,1H3. The molecule has 0 N–H and O–H groups in total. The molecule has 0 bridgehead atoms. The van der Waals surface area contributed by atoms with Gasteiger partial charge in [0.1, 0.15) is 5.75 Å². The molecule has 0 amide bonds. The summed E-state index contributed by atoms with van der Waals surface area (Å²) >= 11 is 7.43. The van der Waals surface area contributed by atoms with Gasteiger partial charge in [0.2, 0.25) is 0 Å². The van der Waals surface area contributed by atoms with Gasteiger partial charge in [0.15, 0.2) is 5.78 Å². The van der Waals surface area contributed by atoms with Crippen LogP contribution in [0.3, 0.4) is 0 Å². The maximum atomic E-state index is 11.8. The lowest BCUT2D eigenvalue weighted by molar-refractivity contribution is 0.0977. The summed E-state index contributed by atoms with van der Waals surface area (Å²) in [6.45, 7) is 2.48. The summed E-state index contributed by atoms with van der Waals surface area (Å²) in [5.74, 6) is 0.983. The number of thiophene rings is 1. The van der Waals surface area contributed by atoms with E-state index in [1.165, 1.54) is 11.3 Å². The fourth-order valence-electron chi connectivity index (χ4n) is 1.69. The molecule has 0 unspecified atom stereocenters. The van der Waals surface area contributed by atoms with Gasteiger partial charge in [-0.15, -0.1) is 11.3 Å². The highest BCUT2D eigenvalue weighted by molar-refractivity contribution is 7.12. The van der Waals surface area contributed by atoms with E-state index < -0.39 is 0 Å². The molecule has 1 aromatic carbocycles. The highest BCUT2D eigenvalue weighted by Crippen LogP contribution is 2.21. The Hall–Kier alpha value is -1.32. The van der Waals surface area contributed by atoms with Crippen LogP contribution in [0.25, 0.3) is 0 Å². The Morgan fingerprint density at radius 1 is 1.37 bits per heavy atom. The minimum Gasteiger partial charge on any atom is -0.494 e. The van der Waals surface area contributed by atoms with Gasteiger partial charge >= 0.3 is 0 Å². The molecular weight excluding hydrogens is 280 g/mol. The predicted octanol–water partition coefficient (Wildman–Crippen LogP) is 4.75. The van der Waals surface area contributed by atoms with Gasteiger partial charge < -0.3 is 4.74 Å². The first-order valence-corrected chi connectivity index (χ1v) is 7.38. The average Bonchev–Trinajstić information content (AvgIpc) is 2.92. The maximum Gasteiger partial charge on any atom is 0.172 e. The van der Waals surface area contributed by atoms with Gasteiger partial charge in [0.05, 0.1) is 11.5 Å². The average molecular weight is 295 g/mol. The second kappa shape index (κ2) is 6.73. The van der Waals surface area contributed by atoms with Crippen molar-refractivity contribution in [2.24, 2.45) is 0 Å². The number of hydrogen-bond donors (Lipinski definition) is 0. The molecule has 0 aliphatic carbocycles. The zero-order chi connectivity index (χ0) is 13.7. The van der Waals surface area contributed by atoms with Gasteiger partial charge in [-0.3, -0.25) is 4.79 Å². The largest absolute Gasteiger partial charge is 0.494 e. The number of benzene rings is 1. The molecule has 2 aromatic rings. The molecule has 100 valence electrons. The van der Waals surface area contributed by atoms with Crippen LogP contribution >= 0.6 is 22.9 Å². The lowest BCUT2D eigenvalue weighted by Gasteiger charge is -2.07. The number of Topliss-reactive ketones (excluding diaryl/α,β-unsaturated/α-hetero) is 1. The molecule has 0 fully saturated rings. The number of carbonyl (C=O) groups is 1. The normalized spacial score (nSPS) is 10.4. The van der Waals surface area contributed by atoms with Gasteiger partial charge in [-0.1, -0.05) is 17.7 Å². The Morgan fingerprint density at radius 2 is 2.21 bits per heavy atom. The summed E-state index contributed by atoms with van der Waals surface area (Å²) in [5, 5.41) is 2.65. The third-order valence-electron chi connectivity index (χ3n) is 2.74. The highest BCUT2D eigenvalue weighted by atomic mass is 35.5. The molecule has 0 atom stereocenters. The Bertz CT molecular complexity index is 549. The molecule has 19 heavy (non-hydrogen) atoms. The summed E-state index contributed by atoms with van der Waals surface area (Å²) in [7, 11) is 0. The fourth-order valence-corrected chi connectivity index (χ4v) is 2.50. The van der Waals surface area contributed by atoms with Crippen LogP contribution in [0.15, 0.2) is 35.7 Å². The quantitative estimate of drug-likeness (QED) is 0.567. The van der Waals surface area contributed by atoms with Crippen molar-refractivity contribution in [2.45, 2.75) is 19.8 Å². The van der Waals surface area contributed by atoms with E-state index in [2.05, 4.69) is 0 Å². The Kier molecular flexibility index (Phi) is 5.00. The lowest BCUT2D eigenvalue weighted by atomic mass is 10.2. The van der Waals surface area contributed by atoms with Gasteiger partial charge in [-0.2, -0.15) is 0 Å². The Balaban J connectivity index is 1.75. The molecule has 4 heteroatoms. The third-order valence-corrected chi connectivity index (χ3v) is 4.08. The van der Waals surface area contributed by atoms with E-state index in [0.717, 1.165) is 27.6 Å². The first-order valence-electron chi connectivity index (χ1n) is 6.12. The van der Waals surface area contributed by atoms with Crippen LogP contribution in [-0.2, 0) is 0 Å². The first kappa shape index (κ1) is 14.1. The summed E-state index contributed by atoms with van der Waals surface area (Å²) in [4.78, 5) is 12.6.